The molecule has 0 aliphatic rings. The molecule has 5 heteroatoms. The number of hydrogen-bond donors (Lipinski definition) is 3. The first-order valence-corrected chi connectivity index (χ1v) is 10.4. The second-order valence-electron chi connectivity index (χ2n) is 7.99. The van der Waals surface area contributed by atoms with Gasteiger partial charge in [0, 0.05) is 29.8 Å². The van der Waals surface area contributed by atoms with Crippen LogP contribution in [0.3, 0.4) is 0 Å². The van der Waals surface area contributed by atoms with Crippen molar-refractivity contribution in [1.82, 2.24) is 0 Å². The zero-order valence-electron chi connectivity index (χ0n) is 18.2. The molecule has 0 aromatic heterocycles. The van der Waals surface area contributed by atoms with Crippen molar-refractivity contribution >= 4 is 23.2 Å². The predicted octanol–water partition coefficient (Wildman–Crippen LogP) is 4.06. The van der Waals surface area contributed by atoms with Gasteiger partial charge in [0.05, 0.1) is 0 Å². The van der Waals surface area contributed by atoms with Crippen molar-refractivity contribution in [3.8, 4) is 0 Å². The summed E-state index contributed by atoms with van der Waals surface area (Å²) in [6.45, 7) is 10.6. The summed E-state index contributed by atoms with van der Waals surface area (Å²) in [6.07, 6.45) is 1.13. The summed E-state index contributed by atoms with van der Waals surface area (Å²) in [5.74, 6) is 0.815. The highest BCUT2D eigenvalue weighted by atomic mass is 16.2. The first kappa shape index (κ1) is 22.6. The number of amides is 2. The Bertz CT molecular complexity index is 798. The quantitative estimate of drug-likeness (QED) is 0.598. The molecule has 0 saturated carbocycles. The molecule has 2 amide bonds. The van der Waals surface area contributed by atoms with Crippen molar-refractivity contribution in [2.24, 2.45) is 5.92 Å². The molecule has 2 atom stereocenters. The molecule has 29 heavy (non-hydrogen) atoms. The Kier molecular flexibility index (Phi) is 8.40. The van der Waals surface area contributed by atoms with Gasteiger partial charge in [-0.05, 0) is 42.2 Å². The number of hydrogen-bond acceptors (Lipinski definition) is 2. The Balaban J connectivity index is 1.94. The summed E-state index contributed by atoms with van der Waals surface area (Å²) in [6, 6.07) is 16.2. The molecule has 156 valence electrons. The number of quaternary nitrogens is 1. The van der Waals surface area contributed by atoms with Crippen molar-refractivity contribution in [2.75, 3.05) is 17.2 Å². The summed E-state index contributed by atoms with van der Waals surface area (Å²) in [5, 5.41) is 7.73. The van der Waals surface area contributed by atoms with E-state index in [0.29, 0.717) is 24.1 Å². The fourth-order valence-electron chi connectivity index (χ4n) is 3.36. The molecule has 0 radical (unpaired) electrons. The first-order chi connectivity index (χ1) is 13.8. The van der Waals surface area contributed by atoms with Crippen LogP contribution in [-0.2, 0) is 9.59 Å². The van der Waals surface area contributed by atoms with Crippen LogP contribution in [0.25, 0.3) is 0 Å². The van der Waals surface area contributed by atoms with Crippen molar-refractivity contribution in [1.29, 1.82) is 0 Å². The summed E-state index contributed by atoms with van der Waals surface area (Å²) < 4.78 is 0. The van der Waals surface area contributed by atoms with Crippen LogP contribution in [0.2, 0.25) is 0 Å². The fourth-order valence-corrected chi connectivity index (χ4v) is 3.36. The van der Waals surface area contributed by atoms with Gasteiger partial charge in [0.1, 0.15) is 6.04 Å². The second-order valence-corrected chi connectivity index (χ2v) is 7.99. The van der Waals surface area contributed by atoms with Crippen LogP contribution >= 0.6 is 0 Å². The van der Waals surface area contributed by atoms with Gasteiger partial charge in [-0.2, -0.15) is 0 Å². The molecule has 4 N–H and O–H groups in total. The molecule has 0 fully saturated rings. The molecule has 0 saturated heterocycles. The molecular weight excluding hydrogens is 362 g/mol. The zero-order valence-corrected chi connectivity index (χ0v) is 18.2. The summed E-state index contributed by atoms with van der Waals surface area (Å²) in [7, 11) is 0. The van der Waals surface area contributed by atoms with Crippen LogP contribution in [0.15, 0.2) is 48.5 Å². The zero-order chi connectivity index (χ0) is 21.4. The topological polar surface area (TPSA) is 74.8 Å². The third-order valence-corrected chi connectivity index (χ3v) is 5.27. The minimum atomic E-state index is -0.117. The van der Waals surface area contributed by atoms with Crippen LogP contribution in [0.5, 0.6) is 0 Å². The number of rotatable bonds is 9. The van der Waals surface area contributed by atoms with Gasteiger partial charge in [0.25, 0.3) is 5.91 Å². The van der Waals surface area contributed by atoms with Crippen LogP contribution < -0.4 is 16.0 Å². The van der Waals surface area contributed by atoms with E-state index >= 15 is 0 Å². The summed E-state index contributed by atoms with van der Waals surface area (Å²) in [5.41, 5.74) is 4.04. The van der Waals surface area contributed by atoms with Crippen molar-refractivity contribution < 1.29 is 14.9 Å². The molecule has 2 aromatic carbocycles. The van der Waals surface area contributed by atoms with E-state index in [4.69, 9.17) is 0 Å². The summed E-state index contributed by atoms with van der Waals surface area (Å²) in [4.78, 5) is 23.5. The SMILES string of the molecule is CC[C@@H](C)c1ccc([C@H]([NH2+]CC(=O)Nc2ccc(NC(C)=O)cc2)C(C)C)cc1. The third-order valence-electron chi connectivity index (χ3n) is 5.27. The maximum Gasteiger partial charge on any atom is 0.279 e. The van der Waals surface area contributed by atoms with Crippen molar-refractivity contribution in [3.05, 3.63) is 59.7 Å². The smallest absolute Gasteiger partial charge is 0.279 e. The highest BCUT2D eigenvalue weighted by Crippen LogP contribution is 2.23. The lowest BCUT2D eigenvalue weighted by Crippen LogP contribution is -2.88. The van der Waals surface area contributed by atoms with Gasteiger partial charge < -0.3 is 16.0 Å². The summed E-state index contributed by atoms with van der Waals surface area (Å²) >= 11 is 0. The Hall–Kier alpha value is -2.66. The second kappa shape index (κ2) is 10.8. The molecule has 0 aliphatic carbocycles. The Labute approximate surface area is 174 Å². The van der Waals surface area contributed by atoms with Gasteiger partial charge in [0.15, 0.2) is 6.54 Å². The third kappa shape index (κ3) is 7.02. The molecule has 2 rings (SSSR count). The van der Waals surface area contributed by atoms with Crippen LogP contribution in [-0.4, -0.2) is 18.4 Å². The van der Waals surface area contributed by atoms with Gasteiger partial charge in [-0.3, -0.25) is 9.59 Å². The molecule has 2 aromatic rings. The van der Waals surface area contributed by atoms with Gasteiger partial charge in [-0.15, -0.1) is 0 Å². The van der Waals surface area contributed by atoms with Crippen LogP contribution in [0, 0.1) is 5.92 Å². The number of anilines is 2. The van der Waals surface area contributed by atoms with Gasteiger partial charge in [0.2, 0.25) is 5.91 Å². The maximum absolute atomic E-state index is 12.4. The first-order valence-electron chi connectivity index (χ1n) is 10.4. The van der Waals surface area contributed by atoms with E-state index in [2.05, 4.69) is 67.9 Å². The standard InChI is InChI=1S/C24H33N3O2/c1-6-17(4)19-7-9-20(10-8-19)24(16(2)3)25-15-23(29)27-22-13-11-21(12-14-22)26-18(5)28/h7-14,16-17,24-25H,6,15H2,1-5H3,(H,26,28)(H,27,29)/p+1/t17-,24-/m1/s1. The molecule has 5 nitrogen and oxygen atoms in total. The van der Waals surface area contributed by atoms with Crippen molar-refractivity contribution in [3.63, 3.8) is 0 Å². The van der Waals surface area contributed by atoms with E-state index in [9.17, 15) is 9.59 Å². The lowest BCUT2D eigenvalue weighted by molar-refractivity contribution is -0.692. The maximum atomic E-state index is 12.4. The minimum absolute atomic E-state index is 0.0425. The lowest BCUT2D eigenvalue weighted by atomic mass is 9.92. The van der Waals surface area contributed by atoms with E-state index < -0.39 is 0 Å². The van der Waals surface area contributed by atoms with E-state index in [1.807, 2.05) is 0 Å². The van der Waals surface area contributed by atoms with Crippen molar-refractivity contribution in [2.45, 2.75) is 53.0 Å². The molecular formula is C24H34N3O2+. The van der Waals surface area contributed by atoms with Crippen LogP contribution in [0.4, 0.5) is 11.4 Å². The average Bonchev–Trinajstić information content (AvgIpc) is 2.69. The highest BCUT2D eigenvalue weighted by molar-refractivity contribution is 5.92. The Morgan fingerprint density at radius 1 is 0.862 bits per heavy atom. The number of carbonyl (C=O) groups is 2. The molecule has 0 aliphatic heterocycles. The highest BCUT2D eigenvalue weighted by Gasteiger charge is 2.20. The Morgan fingerprint density at radius 3 is 1.86 bits per heavy atom. The number of nitrogens with one attached hydrogen (secondary N) is 2. The molecule has 0 heterocycles. The molecule has 0 spiro atoms. The molecule has 0 bridgehead atoms. The fraction of sp³-hybridized carbons (Fsp3) is 0.417. The van der Waals surface area contributed by atoms with Gasteiger partial charge in [-0.1, -0.05) is 52.0 Å². The van der Waals surface area contributed by atoms with Crippen LogP contribution in [0.1, 0.15) is 64.1 Å². The number of nitrogens with two attached hydrogens (primary N) is 1. The number of carbonyl (C=O) groups excluding carboxylic acids is 2. The van der Waals surface area contributed by atoms with E-state index in [-0.39, 0.29) is 17.9 Å². The number of benzene rings is 2. The van der Waals surface area contributed by atoms with Gasteiger partial charge >= 0.3 is 0 Å². The van der Waals surface area contributed by atoms with Gasteiger partial charge in [-0.25, -0.2) is 0 Å². The predicted molar refractivity (Wildman–Crippen MR) is 119 cm³/mol. The lowest BCUT2D eigenvalue weighted by Gasteiger charge is -2.20. The van der Waals surface area contributed by atoms with E-state index in [1.54, 1.807) is 24.3 Å². The Morgan fingerprint density at radius 2 is 1.38 bits per heavy atom. The molecule has 0 unspecified atom stereocenters. The largest absolute Gasteiger partial charge is 0.332 e. The average molecular weight is 397 g/mol. The van der Waals surface area contributed by atoms with E-state index in [0.717, 1.165) is 12.1 Å². The normalized spacial score (nSPS) is 13.0. The van der Waals surface area contributed by atoms with E-state index in [1.165, 1.54) is 18.1 Å². The monoisotopic (exact) mass is 396 g/mol. The minimum Gasteiger partial charge on any atom is -0.332 e.